The fraction of sp³-hybridized carbons (Fsp3) is 0.300. The smallest absolute Gasteiger partial charge is 0.260 e. The third-order valence-electron chi connectivity index (χ3n) is 3.88. The monoisotopic (exact) mass is 340 g/mol. The van der Waals surface area contributed by atoms with E-state index < -0.39 is 5.91 Å². The van der Waals surface area contributed by atoms with E-state index in [1.165, 1.54) is 0 Å². The van der Waals surface area contributed by atoms with Crippen LogP contribution in [0.2, 0.25) is 0 Å². The van der Waals surface area contributed by atoms with Crippen LogP contribution in [0.4, 0.5) is 0 Å². The van der Waals surface area contributed by atoms with Crippen molar-refractivity contribution in [1.29, 1.82) is 0 Å². The van der Waals surface area contributed by atoms with Crippen molar-refractivity contribution in [2.45, 2.75) is 19.8 Å². The highest BCUT2D eigenvalue weighted by Crippen LogP contribution is 2.11. The van der Waals surface area contributed by atoms with Gasteiger partial charge in [-0.3, -0.25) is 9.59 Å². The molecule has 5 nitrogen and oxygen atoms in total. The van der Waals surface area contributed by atoms with Crippen molar-refractivity contribution >= 4 is 11.8 Å². The summed E-state index contributed by atoms with van der Waals surface area (Å²) < 4.78 is 5.56. The molecule has 132 valence electrons. The molecule has 0 aliphatic carbocycles. The SMILES string of the molecule is Cc1ccc(OCC(=O)N(CCC(N)=O)CCc2ccccc2)cc1. The maximum Gasteiger partial charge on any atom is 0.260 e. The van der Waals surface area contributed by atoms with E-state index in [1.54, 1.807) is 4.90 Å². The molecular weight excluding hydrogens is 316 g/mol. The molecule has 0 fully saturated rings. The molecule has 2 aromatic rings. The number of hydrogen-bond donors (Lipinski definition) is 1. The average Bonchev–Trinajstić information content (AvgIpc) is 2.61. The lowest BCUT2D eigenvalue weighted by molar-refractivity contribution is -0.133. The highest BCUT2D eigenvalue weighted by atomic mass is 16.5. The molecule has 0 aliphatic heterocycles. The Labute approximate surface area is 148 Å². The summed E-state index contributed by atoms with van der Waals surface area (Å²) in [6.07, 6.45) is 0.862. The molecule has 0 saturated carbocycles. The summed E-state index contributed by atoms with van der Waals surface area (Å²) >= 11 is 0. The number of carbonyl (C=O) groups excluding carboxylic acids is 2. The molecule has 2 N–H and O–H groups in total. The predicted molar refractivity (Wildman–Crippen MR) is 97.2 cm³/mol. The van der Waals surface area contributed by atoms with Gasteiger partial charge in [0.1, 0.15) is 5.75 Å². The van der Waals surface area contributed by atoms with Crippen LogP contribution in [0.15, 0.2) is 54.6 Å². The van der Waals surface area contributed by atoms with Gasteiger partial charge in [-0.05, 0) is 31.0 Å². The minimum absolute atomic E-state index is 0.0589. The number of primary amides is 1. The summed E-state index contributed by atoms with van der Waals surface area (Å²) in [5, 5.41) is 0. The molecule has 0 radical (unpaired) electrons. The Bertz CT molecular complexity index is 684. The largest absolute Gasteiger partial charge is 0.484 e. The molecule has 25 heavy (non-hydrogen) atoms. The molecule has 0 atom stereocenters. The quantitative estimate of drug-likeness (QED) is 0.761. The summed E-state index contributed by atoms with van der Waals surface area (Å²) in [6, 6.07) is 17.4. The molecule has 5 heteroatoms. The Morgan fingerprint density at radius 2 is 1.68 bits per heavy atom. The van der Waals surface area contributed by atoms with Gasteiger partial charge in [0.05, 0.1) is 0 Å². The van der Waals surface area contributed by atoms with Crippen LogP contribution in [-0.4, -0.2) is 36.4 Å². The van der Waals surface area contributed by atoms with Gasteiger partial charge in [-0.15, -0.1) is 0 Å². The second-order valence-electron chi connectivity index (χ2n) is 5.93. The number of benzene rings is 2. The minimum Gasteiger partial charge on any atom is -0.484 e. The fourth-order valence-electron chi connectivity index (χ4n) is 2.39. The van der Waals surface area contributed by atoms with Gasteiger partial charge >= 0.3 is 0 Å². The van der Waals surface area contributed by atoms with Gasteiger partial charge in [0, 0.05) is 19.5 Å². The van der Waals surface area contributed by atoms with Gasteiger partial charge in [-0.25, -0.2) is 0 Å². The second-order valence-corrected chi connectivity index (χ2v) is 5.93. The minimum atomic E-state index is -0.419. The third kappa shape index (κ3) is 6.67. The van der Waals surface area contributed by atoms with Crippen molar-refractivity contribution in [3.63, 3.8) is 0 Å². The molecule has 0 unspecified atom stereocenters. The molecule has 2 aromatic carbocycles. The van der Waals surface area contributed by atoms with Crippen molar-refractivity contribution in [3.8, 4) is 5.75 Å². The summed E-state index contributed by atoms with van der Waals surface area (Å²) in [5.41, 5.74) is 7.49. The van der Waals surface area contributed by atoms with Crippen LogP contribution in [0.3, 0.4) is 0 Å². The van der Waals surface area contributed by atoms with E-state index in [2.05, 4.69) is 0 Å². The van der Waals surface area contributed by atoms with E-state index >= 15 is 0 Å². The lowest BCUT2D eigenvalue weighted by Crippen LogP contribution is -2.38. The second kappa shape index (κ2) is 9.47. The first-order chi connectivity index (χ1) is 12.0. The third-order valence-corrected chi connectivity index (χ3v) is 3.88. The normalized spacial score (nSPS) is 10.3. The van der Waals surface area contributed by atoms with E-state index in [9.17, 15) is 9.59 Å². The Morgan fingerprint density at radius 3 is 2.32 bits per heavy atom. The van der Waals surface area contributed by atoms with E-state index in [4.69, 9.17) is 10.5 Å². The molecule has 2 rings (SSSR count). The molecule has 0 heterocycles. The molecule has 0 spiro atoms. The van der Waals surface area contributed by atoms with E-state index in [-0.39, 0.29) is 18.9 Å². The van der Waals surface area contributed by atoms with Crippen molar-refractivity contribution in [1.82, 2.24) is 4.90 Å². The average molecular weight is 340 g/mol. The Balaban J connectivity index is 1.91. The van der Waals surface area contributed by atoms with Crippen molar-refractivity contribution < 1.29 is 14.3 Å². The van der Waals surface area contributed by atoms with Crippen LogP contribution in [0, 0.1) is 6.92 Å². The molecule has 0 aromatic heterocycles. The number of nitrogens with zero attached hydrogens (tertiary/aromatic N) is 1. The zero-order chi connectivity index (χ0) is 18.1. The Morgan fingerprint density at radius 1 is 1.00 bits per heavy atom. The standard InChI is InChI=1S/C20H24N2O3/c1-16-7-9-18(10-8-16)25-15-20(24)22(14-12-19(21)23)13-11-17-5-3-2-4-6-17/h2-10H,11-15H2,1H3,(H2,21,23). The topological polar surface area (TPSA) is 72.6 Å². The Hall–Kier alpha value is -2.82. The predicted octanol–water partition coefficient (Wildman–Crippen LogP) is 2.32. The first-order valence-electron chi connectivity index (χ1n) is 8.34. The maximum atomic E-state index is 12.5. The van der Waals surface area contributed by atoms with Crippen LogP contribution in [0.5, 0.6) is 5.75 Å². The van der Waals surface area contributed by atoms with Gasteiger partial charge in [-0.2, -0.15) is 0 Å². The van der Waals surface area contributed by atoms with Crippen LogP contribution in [0.25, 0.3) is 0 Å². The van der Waals surface area contributed by atoms with Crippen molar-refractivity contribution in [2.24, 2.45) is 5.73 Å². The molecule has 0 aliphatic rings. The number of hydrogen-bond acceptors (Lipinski definition) is 3. The Kier molecular flexibility index (Phi) is 7.01. The number of amides is 2. The van der Waals surface area contributed by atoms with E-state index in [0.717, 1.165) is 17.5 Å². The van der Waals surface area contributed by atoms with Crippen molar-refractivity contribution in [3.05, 3.63) is 65.7 Å². The first kappa shape index (κ1) is 18.5. The molecule has 2 amide bonds. The summed E-state index contributed by atoms with van der Waals surface area (Å²) in [6.45, 7) is 2.76. The fourth-order valence-corrected chi connectivity index (χ4v) is 2.39. The highest BCUT2D eigenvalue weighted by molar-refractivity contribution is 5.79. The van der Waals surface area contributed by atoms with Gasteiger partial charge < -0.3 is 15.4 Å². The van der Waals surface area contributed by atoms with E-state index in [0.29, 0.717) is 18.8 Å². The first-order valence-corrected chi connectivity index (χ1v) is 8.34. The van der Waals surface area contributed by atoms with Crippen molar-refractivity contribution in [2.75, 3.05) is 19.7 Å². The lowest BCUT2D eigenvalue weighted by Gasteiger charge is -2.22. The van der Waals surface area contributed by atoms with E-state index in [1.807, 2.05) is 61.5 Å². The van der Waals surface area contributed by atoms with Crippen LogP contribution in [-0.2, 0) is 16.0 Å². The van der Waals surface area contributed by atoms with Crippen LogP contribution < -0.4 is 10.5 Å². The molecular formula is C20H24N2O3. The molecule has 0 bridgehead atoms. The summed E-state index contributed by atoms with van der Waals surface area (Å²) in [5.74, 6) is 0.0755. The summed E-state index contributed by atoms with van der Waals surface area (Å²) in [4.78, 5) is 25.2. The highest BCUT2D eigenvalue weighted by Gasteiger charge is 2.15. The molecule has 0 saturated heterocycles. The van der Waals surface area contributed by atoms with Gasteiger partial charge in [0.2, 0.25) is 5.91 Å². The van der Waals surface area contributed by atoms with Crippen LogP contribution >= 0.6 is 0 Å². The number of rotatable bonds is 9. The lowest BCUT2D eigenvalue weighted by atomic mass is 10.1. The number of carbonyl (C=O) groups is 2. The van der Waals surface area contributed by atoms with Gasteiger partial charge in [0.15, 0.2) is 6.61 Å². The number of ether oxygens (including phenoxy) is 1. The zero-order valence-electron chi connectivity index (χ0n) is 14.5. The number of nitrogens with two attached hydrogens (primary N) is 1. The van der Waals surface area contributed by atoms with Gasteiger partial charge in [0.25, 0.3) is 5.91 Å². The maximum absolute atomic E-state index is 12.5. The zero-order valence-corrected chi connectivity index (χ0v) is 14.5. The van der Waals surface area contributed by atoms with Crippen LogP contribution in [0.1, 0.15) is 17.5 Å². The number of aryl methyl sites for hydroxylation is 1. The van der Waals surface area contributed by atoms with Gasteiger partial charge in [-0.1, -0.05) is 48.0 Å². The summed E-state index contributed by atoms with van der Waals surface area (Å²) in [7, 11) is 0.